The summed E-state index contributed by atoms with van der Waals surface area (Å²) in [5, 5.41) is 2.94. The molecule has 1 fully saturated rings. The van der Waals surface area contributed by atoms with Crippen molar-refractivity contribution in [3.05, 3.63) is 76.8 Å². The lowest BCUT2D eigenvalue weighted by molar-refractivity contribution is 0.237. The van der Waals surface area contributed by atoms with E-state index in [0.29, 0.717) is 18.1 Å². The van der Waals surface area contributed by atoms with E-state index in [1.807, 2.05) is 30.3 Å². The van der Waals surface area contributed by atoms with Crippen LogP contribution in [-0.4, -0.2) is 54.2 Å². The Labute approximate surface area is 191 Å². The van der Waals surface area contributed by atoms with Crippen LogP contribution in [0.1, 0.15) is 12.8 Å². The van der Waals surface area contributed by atoms with Gasteiger partial charge in [-0.3, -0.25) is 9.69 Å². The molecule has 3 heterocycles. The number of pyridine rings is 2. The van der Waals surface area contributed by atoms with E-state index in [0.717, 1.165) is 67.4 Å². The van der Waals surface area contributed by atoms with Gasteiger partial charge in [-0.25, -0.2) is 4.39 Å². The highest BCUT2D eigenvalue weighted by Gasteiger charge is 2.18. The van der Waals surface area contributed by atoms with Crippen molar-refractivity contribution in [3.8, 4) is 5.88 Å². The van der Waals surface area contributed by atoms with Gasteiger partial charge in [-0.2, -0.15) is 4.98 Å². The van der Waals surface area contributed by atoms with Crippen LogP contribution in [0.2, 0.25) is 0 Å². The number of aromatic amines is 1. The van der Waals surface area contributed by atoms with Gasteiger partial charge in [0.2, 0.25) is 11.4 Å². The molecule has 0 bridgehead atoms. The van der Waals surface area contributed by atoms with Gasteiger partial charge in [-0.15, -0.1) is 0 Å². The quantitative estimate of drug-likeness (QED) is 0.431. The molecule has 1 aliphatic rings. The van der Waals surface area contributed by atoms with Gasteiger partial charge in [0, 0.05) is 54.8 Å². The maximum absolute atomic E-state index is 13.8. The van der Waals surface area contributed by atoms with Gasteiger partial charge in [-0.1, -0.05) is 18.2 Å². The summed E-state index contributed by atoms with van der Waals surface area (Å²) in [5.74, 6) is 0.340. The highest BCUT2D eigenvalue weighted by Crippen LogP contribution is 2.28. The summed E-state index contributed by atoms with van der Waals surface area (Å²) in [6.45, 7) is 5.48. The van der Waals surface area contributed by atoms with E-state index in [-0.39, 0.29) is 11.4 Å². The number of anilines is 1. The minimum absolute atomic E-state index is 0.167. The predicted octanol–water partition coefficient (Wildman–Crippen LogP) is 4.20. The Morgan fingerprint density at radius 1 is 0.939 bits per heavy atom. The maximum Gasteiger partial charge on any atom is 0.249 e. The Hall–Kier alpha value is -3.45. The Balaban J connectivity index is 1.07. The summed E-state index contributed by atoms with van der Waals surface area (Å²) in [4.78, 5) is 23.4. The van der Waals surface area contributed by atoms with E-state index in [1.54, 1.807) is 12.1 Å². The van der Waals surface area contributed by atoms with Gasteiger partial charge >= 0.3 is 0 Å². The Kier molecular flexibility index (Phi) is 6.21. The number of rotatable bonds is 7. The van der Waals surface area contributed by atoms with Crippen molar-refractivity contribution in [2.45, 2.75) is 12.8 Å². The monoisotopic (exact) mass is 446 g/mol. The molecule has 0 amide bonds. The van der Waals surface area contributed by atoms with Crippen LogP contribution in [0.4, 0.5) is 10.1 Å². The van der Waals surface area contributed by atoms with Crippen molar-refractivity contribution < 1.29 is 9.13 Å². The van der Waals surface area contributed by atoms with E-state index < -0.39 is 0 Å². The first-order chi connectivity index (χ1) is 16.2. The largest absolute Gasteiger partial charge is 0.478 e. The normalized spacial score (nSPS) is 14.8. The number of piperazine rings is 1. The first-order valence-corrected chi connectivity index (χ1v) is 11.4. The average Bonchev–Trinajstić information content (AvgIpc) is 2.83. The van der Waals surface area contributed by atoms with Gasteiger partial charge < -0.3 is 14.6 Å². The Bertz CT molecular complexity index is 1310. The molecule has 0 saturated carbocycles. The minimum atomic E-state index is -0.192. The number of unbranched alkanes of at least 4 members (excludes halogenated alkanes) is 1. The molecule has 1 aliphatic heterocycles. The third-order valence-corrected chi connectivity index (χ3v) is 6.21. The summed E-state index contributed by atoms with van der Waals surface area (Å²) >= 11 is 0. The number of hydrogen-bond donors (Lipinski definition) is 1. The SMILES string of the molecule is O=c1ccc2ccc(OCCCCN3CCN(c4cccc5ccc(F)cc45)CC3)nc2[nH]1. The van der Waals surface area contributed by atoms with Gasteiger partial charge in [0.1, 0.15) is 11.5 Å². The number of nitrogens with zero attached hydrogens (tertiary/aromatic N) is 3. The van der Waals surface area contributed by atoms with E-state index in [9.17, 15) is 9.18 Å². The van der Waals surface area contributed by atoms with E-state index in [1.165, 1.54) is 12.1 Å². The molecule has 0 spiro atoms. The average molecular weight is 447 g/mol. The lowest BCUT2D eigenvalue weighted by Gasteiger charge is -2.36. The van der Waals surface area contributed by atoms with Crippen LogP contribution >= 0.6 is 0 Å². The smallest absolute Gasteiger partial charge is 0.249 e. The second kappa shape index (κ2) is 9.58. The van der Waals surface area contributed by atoms with Crippen LogP contribution in [0, 0.1) is 5.82 Å². The first kappa shape index (κ1) is 21.4. The van der Waals surface area contributed by atoms with E-state index in [4.69, 9.17) is 4.74 Å². The highest BCUT2D eigenvalue weighted by atomic mass is 19.1. The Morgan fingerprint density at radius 2 is 1.76 bits per heavy atom. The molecular weight excluding hydrogens is 419 g/mol. The van der Waals surface area contributed by atoms with E-state index in [2.05, 4.69) is 25.8 Å². The molecule has 2 aromatic heterocycles. The molecule has 2 aromatic carbocycles. The lowest BCUT2D eigenvalue weighted by atomic mass is 10.1. The van der Waals surface area contributed by atoms with E-state index >= 15 is 0 Å². The number of hydrogen-bond acceptors (Lipinski definition) is 5. The predicted molar refractivity (Wildman–Crippen MR) is 130 cm³/mol. The summed E-state index contributed by atoms with van der Waals surface area (Å²) < 4.78 is 19.6. The van der Waals surface area contributed by atoms with Crippen LogP contribution < -0.4 is 15.2 Å². The number of H-pyrrole nitrogens is 1. The summed E-state index contributed by atoms with van der Waals surface area (Å²) in [7, 11) is 0. The second-order valence-electron chi connectivity index (χ2n) is 8.44. The number of ether oxygens (including phenoxy) is 1. The number of benzene rings is 2. The number of aromatic nitrogens is 2. The van der Waals surface area contributed by atoms with Gasteiger partial charge in [0.15, 0.2) is 0 Å². The standard InChI is InChI=1S/C26H27FN4O2/c27-21-9-6-19-4-3-5-23(22(19)18-21)31-15-13-30(14-16-31)12-1-2-17-33-25-11-8-20-7-10-24(32)28-26(20)29-25/h3-11,18H,1-2,12-17H2,(H,28,29,32). The molecule has 0 aliphatic carbocycles. The van der Waals surface area contributed by atoms with Crippen molar-refractivity contribution in [1.29, 1.82) is 0 Å². The molecule has 5 rings (SSSR count). The zero-order valence-electron chi connectivity index (χ0n) is 18.5. The zero-order chi connectivity index (χ0) is 22.6. The fourth-order valence-electron chi connectivity index (χ4n) is 4.42. The van der Waals surface area contributed by atoms with Gasteiger partial charge in [0.05, 0.1) is 6.61 Å². The molecule has 0 unspecified atom stereocenters. The fraction of sp³-hybridized carbons (Fsp3) is 0.308. The Morgan fingerprint density at radius 3 is 2.64 bits per heavy atom. The molecule has 4 aromatic rings. The minimum Gasteiger partial charge on any atom is -0.478 e. The van der Waals surface area contributed by atoms with Crippen LogP contribution in [0.25, 0.3) is 21.8 Å². The first-order valence-electron chi connectivity index (χ1n) is 11.4. The molecule has 1 N–H and O–H groups in total. The lowest BCUT2D eigenvalue weighted by Crippen LogP contribution is -2.46. The summed E-state index contributed by atoms with van der Waals surface area (Å²) in [6.07, 6.45) is 1.98. The van der Waals surface area contributed by atoms with Crippen molar-refractivity contribution in [3.63, 3.8) is 0 Å². The van der Waals surface area contributed by atoms with Crippen LogP contribution in [0.15, 0.2) is 65.5 Å². The molecule has 1 saturated heterocycles. The molecule has 33 heavy (non-hydrogen) atoms. The summed E-state index contributed by atoms with van der Waals surface area (Å²) in [5.41, 5.74) is 1.50. The molecule has 0 atom stereocenters. The van der Waals surface area contributed by atoms with Crippen LogP contribution in [0.5, 0.6) is 5.88 Å². The number of nitrogens with one attached hydrogen (secondary N) is 1. The topological polar surface area (TPSA) is 61.5 Å². The second-order valence-corrected chi connectivity index (χ2v) is 8.44. The molecule has 7 heteroatoms. The molecule has 0 radical (unpaired) electrons. The fourth-order valence-corrected chi connectivity index (χ4v) is 4.42. The van der Waals surface area contributed by atoms with Crippen molar-refractivity contribution in [2.75, 3.05) is 44.2 Å². The zero-order valence-corrected chi connectivity index (χ0v) is 18.5. The van der Waals surface area contributed by atoms with Crippen LogP contribution in [0.3, 0.4) is 0 Å². The number of halogens is 1. The van der Waals surface area contributed by atoms with Crippen molar-refractivity contribution in [1.82, 2.24) is 14.9 Å². The maximum atomic E-state index is 13.8. The third-order valence-electron chi connectivity index (χ3n) is 6.21. The van der Waals surface area contributed by atoms with Crippen LogP contribution in [-0.2, 0) is 0 Å². The summed E-state index contributed by atoms with van der Waals surface area (Å²) in [6, 6.07) is 18.1. The van der Waals surface area contributed by atoms with Gasteiger partial charge in [0.25, 0.3) is 0 Å². The third kappa shape index (κ3) is 4.98. The molecule has 6 nitrogen and oxygen atoms in total. The van der Waals surface area contributed by atoms with Crippen molar-refractivity contribution >= 4 is 27.5 Å². The highest BCUT2D eigenvalue weighted by molar-refractivity contribution is 5.94. The van der Waals surface area contributed by atoms with Gasteiger partial charge in [-0.05, 0) is 55.1 Å². The number of fused-ring (bicyclic) bond motifs is 2. The molecular formula is C26H27FN4O2. The molecule has 170 valence electrons. The van der Waals surface area contributed by atoms with Crippen molar-refractivity contribution in [2.24, 2.45) is 0 Å².